The van der Waals surface area contributed by atoms with E-state index in [1.54, 1.807) is 0 Å². The largest absolute Gasteiger partial charge is 0.389 e. The SMILES string of the molecule is CC(C)CN1CCC(NCC2(O)CCC(C)CC2)CC1. The first-order valence-electron chi connectivity index (χ1n) is 8.65. The summed E-state index contributed by atoms with van der Waals surface area (Å²) in [6, 6.07) is 0.613. The van der Waals surface area contributed by atoms with Crippen LogP contribution in [0.1, 0.15) is 59.3 Å². The summed E-state index contributed by atoms with van der Waals surface area (Å²) in [5.41, 5.74) is -0.429. The van der Waals surface area contributed by atoms with E-state index >= 15 is 0 Å². The van der Waals surface area contributed by atoms with Gasteiger partial charge in [-0.3, -0.25) is 0 Å². The number of aliphatic hydroxyl groups is 1. The van der Waals surface area contributed by atoms with E-state index in [0.29, 0.717) is 6.04 Å². The summed E-state index contributed by atoms with van der Waals surface area (Å²) in [6.07, 6.45) is 6.80. The summed E-state index contributed by atoms with van der Waals surface area (Å²) in [7, 11) is 0. The summed E-state index contributed by atoms with van der Waals surface area (Å²) in [5.74, 6) is 1.57. The third-order valence-electron chi connectivity index (χ3n) is 5.14. The number of likely N-dealkylation sites (tertiary alicyclic amines) is 1. The lowest BCUT2D eigenvalue weighted by atomic mass is 9.79. The summed E-state index contributed by atoms with van der Waals surface area (Å²) in [5, 5.41) is 14.3. The number of hydrogen-bond donors (Lipinski definition) is 2. The topological polar surface area (TPSA) is 35.5 Å². The second-order valence-electron chi connectivity index (χ2n) is 7.76. The average molecular weight is 282 g/mol. The zero-order chi connectivity index (χ0) is 14.6. The first kappa shape index (κ1) is 16.3. The van der Waals surface area contributed by atoms with Crippen molar-refractivity contribution in [3.8, 4) is 0 Å². The number of rotatable bonds is 5. The molecule has 2 aliphatic rings. The van der Waals surface area contributed by atoms with E-state index in [2.05, 4.69) is 31.0 Å². The second kappa shape index (κ2) is 7.24. The third-order valence-corrected chi connectivity index (χ3v) is 5.14. The van der Waals surface area contributed by atoms with Crippen LogP contribution < -0.4 is 5.32 Å². The number of hydrogen-bond acceptors (Lipinski definition) is 3. The van der Waals surface area contributed by atoms with Gasteiger partial charge in [0.05, 0.1) is 5.60 Å². The number of nitrogens with one attached hydrogen (secondary N) is 1. The highest BCUT2D eigenvalue weighted by atomic mass is 16.3. The molecule has 0 spiro atoms. The van der Waals surface area contributed by atoms with Crippen molar-refractivity contribution in [2.24, 2.45) is 11.8 Å². The molecule has 0 amide bonds. The zero-order valence-corrected chi connectivity index (χ0v) is 13.7. The molecular weight excluding hydrogens is 248 g/mol. The minimum Gasteiger partial charge on any atom is -0.389 e. The van der Waals surface area contributed by atoms with Crippen LogP contribution in [0.15, 0.2) is 0 Å². The van der Waals surface area contributed by atoms with E-state index in [1.165, 1.54) is 45.3 Å². The van der Waals surface area contributed by atoms with Crippen LogP contribution in [0.25, 0.3) is 0 Å². The van der Waals surface area contributed by atoms with Crippen molar-refractivity contribution in [1.82, 2.24) is 10.2 Å². The van der Waals surface area contributed by atoms with E-state index in [1.807, 2.05) is 0 Å². The molecule has 0 bridgehead atoms. The Morgan fingerprint density at radius 3 is 2.30 bits per heavy atom. The maximum absolute atomic E-state index is 10.6. The Balaban J connectivity index is 1.66. The predicted octanol–water partition coefficient (Wildman–Crippen LogP) is 2.64. The van der Waals surface area contributed by atoms with Crippen LogP contribution in [-0.4, -0.2) is 47.8 Å². The lowest BCUT2D eigenvalue weighted by Gasteiger charge is -2.38. The fourth-order valence-corrected chi connectivity index (χ4v) is 3.65. The van der Waals surface area contributed by atoms with E-state index in [0.717, 1.165) is 31.2 Å². The van der Waals surface area contributed by atoms with Crippen LogP contribution in [0, 0.1) is 11.8 Å². The molecule has 118 valence electrons. The fraction of sp³-hybridized carbons (Fsp3) is 1.00. The quantitative estimate of drug-likeness (QED) is 0.814. The van der Waals surface area contributed by atoms with Crippen LogP contribution in [0.3, 0.4) is 0 Å². The Morgan fingerprint density at radius 2 is 1.75 bits per heavy atom. The average Bonchev–Trinajstić information content (AvgIpc) is 2.41. The van der Waals surface area contributed by atoms with E-state index < -0.39 is 5.60 Å². The molecule has 0 aromatic rings. The fourth-order valence-electron chi connectivity index (χ4n) is 3.65. The van der Waals surface area contributed by atoms with Crippen LogP contribution in [0.5, 0.6) is 0 Å². The van der Waals surface area contributed by atoms with Gasteiger partial charge < -0.3 is 15.3 Å². The lowest BCUT2D eigenvalue weighted by molar-refractivity contribution is -0.00986. The Kier molecular flexibility index (Phi) is 5.88. The van der Waals surface area contributed by atoms with Crippen molar-refractivity contribution < 1.29 is 5.11 Å². The molecule has 0 aromatic carbocycles. The molecule has 20 heavy (non-hydrogen) atoms. The molecule has 0 atom stereocenters. The highest BCUT2D eigenvalue weighted by molar-refractivity contribution is 4.88. The maximum Gasteiger partial charge on any atom is 0.0771 e. The highest BCUT2D eigenvalue weighted by Crippen LogP contribution is 2.31. The van der Waals surface area contributed by atoms with E-state index in [4.69, 9.17) is 0 Å². The van der Waals surface area contributed by atoms with Gasteiger partial charge in [-0.15, -0.1) is 0 Å². The van der Waals surface area contributed by atoms with Crippen molar-refractivity contribution in [2.75, 3.05) is 26.2 Å². The third kappa shape index (κ3) is 5.01. The first-order chi connectivity index (χ1) is 9.47. The predicted molar refractivity (Wildman–Crippen MR) is 84.9 cm³/mol. The summed E-state index contributed by atoms with van der Waals surface area (Å²) in [6.45, 7) is 11.4. The molecule has 0 aromatic heterocycles. The second-order valence-corrected chi connectivity index (χ2v) is 7.76. The van der Waals surface area contributed by atoms with Gasteiger partial charge in [0.1, 0.15) is 0 Å². The molecule has 0 radical (unpaired) electrons. The van der Waals surface area contributed by atoms with Crippen LogP contribution in [0.4, 0.5) is 0 Å². The minimum absolute atomic E-state index is 0.429. The molecule has 1 saturated carbocycles. The molecule has 3 nitrogen and oxygen atoms in total. The van der Waals surface area contributed by atoms with Gasteiger partial charge in [-0.1, -0.05) is 20.8 Å². The van der Waals surface area contributed by atoms with Gasteiger partial charge in [-0.25, -0.2) is 0 Å². The standard InChI is InChI=1S/C17H34N2O/c1-14(2)12-19-10-6-16(7-11-19)18-13-17(20)8-4-15(3)5-9-17/h14-16,18,20H,4-13H2,1-3H3. The van der Waals surface area contributed by atoms with Crippen molar-refractivity contribution in [1.29, 1.82) is 0 Å². The molecule has 2 fully saturated rings. The highest BCUT2D eigenvalue weighted by Gasteiger charge is 2.32. The molecule has 2 rings (SSSR count). The molecule has 1 aliphatic heterocycles. The molecule has 2 N–H and O–H groups in total. The molecule has 1 aliphatic carbocycles. The van der Waals surface area contributed by atoms with Gasteiger partial charge in [-0.05, 0) is 63.5 Å². The number of piperidine rings is 1. The molecule has 0 unspecified atom stereocenters. The van der Waals surface area contributed by atoms with Crippen LogP contribution >= 0.6 is 0 Å². The Bertz CT molecular complexity index is 277. The van der Waals surface area contributed by atoms with Gasteiger partial charge in [0.15, 0.2) is 0 Å². The van der Waals surface area contributed by atoms with Gasteiger partial charge >= 0.3 is 0 Å². The molecule has 3 heteroatoms. The van der Waals surface area contributed by atoms with Crippen molar-refractivity contribution in [3.63, 3.8) is 0 Å². The van der Waals surface area contributed by atoms with Crippen molar-refractivity contribution >= 4 is 0 Å². The minimum atomic E-state index is -0.429. The van der Waals surface area contributed by atoms with Crippen molar-refractivity contribution in [2.45, 2.75) is 70.9 Å². The number of nitrogens with zero attached hydrogens (tertiary/aromatic N) is 1. The molecular formula is C17H34N2O. The van der Waals surface area contributed by atoms with Gasteiger partial charge in [-0.2, -0.15) is 0 Å². The van der Waals surface area contributed by atoms with Gasteiger partial charge in [0.2, 0.25) is 0 Å². The Hall–Kier alpha value is -0.120. The lowest BCUT2D eigenvalue weighted by Crippen LogP contribution is -2.50. The van der Waals surface area contributed by atoms with Gasteiger partial charge in [0, 0.05) is 19.1 Å². The normalized spacial score (nSPS) is 33.8. The first-order valence-corrected chi connectivity index (χ1v) is 8.65. The maximum atomic E-state index is 10.6. The van der Waals surface area contributed by atoms with Crippen LogP contribution in [0.2, 0.25) is 0 Å². The van der Waals surface area contributed by atoms with E-state index in [-0.39, 0.29) is 0 Å². The summed E-state index contributed by atoms with van der Waals surface area (Å²) in [4.78, 5) is 2.58. The Morgan fingerprint density at radius 1 is 1.15 bits per heavy atom. The van der Waals surface area contributed by atoms with Crippen molar-refractivity contribution in [3.05, 3.63) is 0 Å². The van der Waals surface area contributed by atoms with E-state index in [9.17, 15) is 5.11 Å². The molecule has 1 heterocycles. The summed E-state index contributed by atoms with van der Waals surface area (Å²) >= 11 is 0. The van der Waals surface area contributed by atoms with Crippen LogP contribution in [-0.2, 0) is 0 Å². The Labute approximate surface area is 125 Å². The molecule has 1 saturated heterocycles. The monoisotopic (exact) mass is 282 g/mol. The smallest absolute Gasteiger partial charge is 0.0771 e. The summed E-state index contributed by atoms with van der Waals surface area (Å²) < 4.78 is 0. The zero-order valence-electron chi connectivity index (χ0n) is 13.7. The van der Waals surface area contributed by atoms with Gasteiger partial charge in [0.25, 0.3) is 0 Å².